The van der Waals surface area contributed by atoms with Crippen LogP contribution in [0.3, 0.4) is 0 Å². The summed E-state index contributed by atoms with van der Waals surface area (Å²) in [6.07, 6.45) is 2.40. The van der Waals surface area contributed by atoms with E-state index in [4.69, 9.17) is 0 Å². The van der Waals surface area contributed by atoms with Gasteiger partial charge in [0.15, 0.2) is 9.84 Å². The fraction of sp³-hybridized carbons (Fsp3) is 0.750. The van der Waals surface area contributed by atoms with Gasteiger partial charge in [0.1, 0.15) is 0 Å². The largest absolute Gasteiger partial charge is 0.229 e. The minimum absolute atomic E-state index is 0.257. The Balaban J connectivity index is 3.75. The second kappa shape index (κ2) is 4.75. The molecule has 2 nitrogen and oxygen atoms in total. The second-order valence-corrected chi connectivity index (χ2v) is 5.28. The first-order valence-electron chi connectivity index (χ1n) is 3.84. The van der Waals surface area contributed by atoms with Gasteiger partial charge in [-0.3, -0.25) is 0 Å². The van der Waals surface area contributed by atoms with Crippen molar-refractivity contribution >= 4 is 9.84 Å². The maximum atomic E-state index is 11.1. The third-order valence-electron chi connectivity index (χ3n) is 1.54. The minimum Gasteiger partial charge on any atom is -0.229 e. The van der Waals surface area contributed by atoms with E-state index in [0.29, 0.717) is 6.42 Å². The Bertz CT molecular complexity index is 180. The molecular formula is C8H16O2S. The van der Waals surface area contributed by atoms with Crippen LogP contribution in [-0.2, 0) is 9.84 Å². The molecule has 3 heteroatoms. The summed E-state index contributed by atoms with van der Waals surface area (Å²) in [5.41, 5.74) is 0. The van der Waals surface area contributed by atoms with Crippen LogP contribution in [0.15, 0.2) is 0 Å². The first-order chi connectivity index (χ1) is 5.00. The smallest absolute Gasteiger partial charge is 0.152 e. The second-order valence-electron chi connectivity index (χ2n) is 2.74. The molecule has 0 aromatic rings. The summed E-state index contributed by atoms with van der Waals surface area (Å²) in [5, 5.41) is -0.479. The Labute approximate surface area is 69.9 Å². The van der Waals surface area contributed by atoms with Crippen LogP contribution in [0.1, 0.15) is 26.2 Å². The molecule has 0 saturated heterocycles. The number of rotatable bonds is 5. The molecule has 0 rings (SSSR count). The fourth-order valence-corrected chi connectivity index (χ4v) is 1.69. The summed E-state index contributed by atoms with van der Waals surface area (Å²) in [5.74, 6) is 0.257. The SMILES string of the molecule is [CH2]CCCCS(=O)(=O)C([CH2])C. The molecule has 0 N–H and O–H groups in total. The van der Waals surface area contributed by atoms with Gasteiger partial charge in [-0.1, -0.05) is 19.8 Å². The molecule has 0 aliphatic rings. The Hall–Kier alpha value is -0.0500. The van der Waals surface area contributed by atoms with E-state index in [2.05, 4.69) is 13.8 Å². The monoisotopic (exact) mass is 176 g/mol. The first-order valence-corrected chi connectivity index (χ1v) is 5.56. The Morgan fingerprint density at radius 1 is 1.36 bits per heavy atom. The van der Waals surface area contributed by atoms with E-state index in [1.807, 2.05) is 0 Å². The summed E-state index contributed by atoms with van der Waals surface area (Å²) in [4.78, 5) is 0. The highest BCUT2D eigenvalue weighted by molar-refractivity contribution is 7.92. The molecule has 0 aliphatic carbocycles. The molecule has 11 heavy (non-hydrogen) atoms. The van der Waals surface area contributed by atoms with Gasteiger partial charge in [0.05, 0.1) is 11.0 Å². The van der Waals surface area contributed by atoms with Crippen LogP contribution in [0.2, 0.25) is 0 Å². The van der Waals surface area contributed by atoms with Crippen LogP contribution in [0.25, 0.3) is 0 Å². The van der Waals surface area contributed by atoms with Gasteiger partial charge in [0.25, 0.3) is 0 Å². The maximum Gasteiger partial charge on any atom is 0.152 e. The fourth-order valence-electron chi connectivity index (χ4n) is 0.681. The Morgan fingerprint density at radius 3 is 2.27 bits per heavy atom. The van der Waals surface area contributed by atoms with E-state index >= 15 is 0 Å². The van der Waals surface area contributed by atoms with Crippen molar-refractivity contribution in [1.82, 2.24) is 0 Å². The van der Waals surface area contributed by atoms with Crippen molar-refractivity contribution in [2.24, 2.45) is 0 Å². The van der Waals surface area contributed by atoms with Crippen molar-refractivity contribution in [1.29, 1.82) is 0 Å². The van der Waals surface area contributed by atoms with Crippen molar-refractivity contribution in [3.8, 4) is 0 Å². The normalized spacial score (nSPS) is 12.4. The molecule has 66 valence electrons. The molecule has 0 aromatic carbocycles. The maximum absolute atomic E-state index is 11.1. The van der Waals surface area contributed by atoms with Gasteiger partial charge in [-0.15, -0.1) is 0 Å². The average molecular weight is 176 g/mol. The molecule has 2 radical (unpaired) electrons. The van der Waals surface area contributed by atoms with E-state index in [9.17, 15) is 8.42 Å². The van der Waals surface area contributed by atoms with Gasteiger partial charge >= 0.3 is 0 Å². The van der Waals surface area contributed by atoms with Gasteiger partial charge in [0, 0.05) is 0 Å². The van der Waals surface area contributed by atoms with Gasteiger partial charge in [-0.25, -0.2) is 8.42 Å². The zero-order chi connectivity index (χ0) is 8.91. The molecular weight excluding hydrogens is 160 g/mol. The molecule has 0 spiro atoms. The zero-order valence-electron chi connectivity index (χ0n) is 7.04. The minimum atomic E-state index is -2.91. The summed E-state index contributed by atoms with van der Waals surface area (Å²) in [7, 11) is -2.91. The topological polar surface area (TPSA) is 34.1 Å². The number of unbranched alkanes of at least 4 members (excludes halogenated alkanes) is 2. The van der Waals surface area contributed by atoms with E-state index in [1.54, 1.807) is 6.92 Å². The molecule has 0 aromatic heterocycles. The van der Waals surface area contributed by atoms with Crippen LogP contribution in [0.5, 0.6) is 0 Å². The average Bonchev–Trinajstić information content (AvgIpc) is 1.88. The third-order valence-corrected chi connectivity index (χ3v) is 3.63. The quantitative estimate of drug-likeness (QED) is 0.597. The predicted molar refractivity (Wildman–Crippen MR) is 47.8 cm³/mol. The van der Waals surface area contributed by atoms with Crippen molar-refractivity contribution < 1.29 is 8.42 Å². The summed E-state index contributed by atoms with van der Waals surface area (Å²) in [6, 6.07) is 0. The Morgan fingerprint density at radius 2 is 1.91 bits per heavy atom. The van der Waals surface area contributed by atoms with E-state index < -0.39 is 15.1 Å². The van der Waals surface area contributed by atoms with E-state index in [0.717, 1.165) is 12.8 Å². The first kappa shape index (κ1) is 11.0. The van der Waals surface area contributed by atoms with Crippen LogP contribution in [-0.4, -0.2) is 19.4 Å². The number of sulfone groups is 1. The lowest BCUT2D eigenvalue weighted by atomic mass is 10.3. The molecule has 0 heterocycles. The molecule has 1 unspecified atom stereocenters. The molecule has 0 bridgehead atoms. The van der Waals surface area contributed by atoms with Crippen LogP contribution in [0, 0.1) is 13.8 Å². The van der Waals surface area contributed by atoms with Gasteiger partial charge in [-0.2, -0.15) is 0 Å². The lowest BCUT2D eigenvalue weighted by Gasteiger charge is -2.05. The lowest BCUT2D eigenvalue weighted by Crippen LogP contribution is -2.17. The molecule has 1 atom stereocenters. The van der Waals surface area contributed by atoms with Gasteiger partial charge in [0.2, 0.25) is 0 Å². The molecule has 0 aliphatic heterocycles. The Kier molecular flexibility index (Phi) is 4.73. The highest BCUT2D eigenvalue weighted by Gasteiger charge is 2.14. The zero-order valence-corrected chi connectivity index (χ0v) is 7.86. The van der Waals surface area contributed by atoms with Crippen LogP contribution >= 0.6 is 0 Å². The highest BCUT2D eigenvalue weighted by atomic mass is 32.2. The highest BCUT2D eigenvalue weighted by Crippen LogP contribution is 2.04. The predicted octanol–water partition coefficient (Wildman–Crippen LogP) is 1.63. The number of hydrogen-bond donors (Lipinski definition) is 0. The standard InChI is InChI=1S/C8H16O2S/c1-4-5-6-7-11(9,10)8(2)3/h8H,1-2,4-7H2,3H3. The van der Waals surface area contributed by atoms with Crippen molar-refractivity contribution in [2.75, 3.05) is 5.75 Å². The van der Waals surface area contributed by atoms with Crippen molar-refractivity contribution in [2.45, 2.75) is 31.4 Å². The van der Waals surface area contributed by atoms with Crippen molar-refractivity contribution in [3.63, 3.8) is 0 Å². The number of hydrogen-bond acceptors (Lipinski definition) is 2. The van der Waals surface area contributed by atoms with Gasteiger partial charge in [-0.05, 0) is 20.3 Å². The van der Waals surface area contributed by atoms with Crippen molar-refractivity contribution in [3.05, 3.63) is 13.8 Å². The van der Waals surface area contributed by atoms with E-state index in [-0.39, 0.29) is 5.75 Å². The van der Waals surface area contributed by atoms with E-state index in [1.165, 1.54) is 0 Å². The van der Waals surface area contributed by atoms with Gasteiger partial charge < -0.3 is 0 Å². The summed E-state index contributed by atoms with van der Waals surface area (Å²) >= 11 is 0. The van der Waals surface area contributed by atoms with Crippen LogP contribution < -0.4 is 0 Å². The molecule has 0 amide bonds. The summed E-state index contributed by atoms with van der Waals surface area (Å²) < 4.78 is 22.2. The van der Waals surface area contributed by atoms with Crippen LogP contribution in [0.4, 0.5) is 0 Å². The summed E-state index contributed by atoms with van der Waals surface area (Å²) in [6.45, 7) is 8.74. The third kappa shape index (κ3) is 4.40. The molecule has 0 saturated carbocycles. The molecule has 0 fully saturated rings. The lowest BCUT2D eigenvalue weighted by molar-refractivity contribution is 0.586.